The van der Waals surface area contributed by atoms with Crippen molar-refractivity contribution >= 4 is 27.2 Å². The van der Waals surface area contributed by atoms with Crippen LogP contribution in [0.15, 0.2) is 30.6 Å². The van der Waals surface area contributed by atoms with Crippen LogP contribution in [-0.4, -0.2) is 44.2 Å². The first-order valence-corrected chi connectivity index (χ1v) is 10.6. The molecule has 0 bridgehead atoms. The number of ether oxygens (including phenoxy) is 2. The molecule has 0 atom stereocenters. The molecule has 0 spiro atoms. The van der Waals surface area contributed by atoms with E-state index in [1.807, 2.05) is 24.3 Å². The molecular weight excluding hydrogens is 386 g/mol. The summed E-state index contributed by atoms with van der Waals surface area (Å²) in [6, 6.07) is 8.06. The molecule has 0 N–H and O–H groups in total. The van der Waals surface area contributed by atoms with Gasteiger partial charge < -0.3 is 9.47 Å². The quantitative estimate of drug-likeness (QED) is 0.501. The van der Waals surface area contributed by atoms with Gasteiger partial charge in [-0.15, -0.1) is 16.4 Å². The van der Waals surface area contributed by atoms with E-state index in [9.17, 15) is 0 Å². The summed E-state index contributed by atoms with van der Waals surface area (Å²) in [5.41, 5.74) is 2.26. The average Bonchev–Trinajstić information content (AvgIpc) is 3.32. The number of methoxy groups -OCH3 is 1. The van der Waals surface area contributed by atoms with Crippen molar-refractivity contribution in [1.82, 2.24) is 24.5 Å². The fourth-order valence-electron chi connectivity index (χ4n) is 3.78. The molecule has 0 amide bonds. The lowest BCUT2D eigenvalue weighted by Crippen LogP contribution is -2.35. The largest absolute Gasteiger partial charge is 0.497 e. The number of benzene rings is 1. The van der Waals surface area contributed by atoms with Crippen LogP contribution in [0.3, 0.4) is 0 Å². The van der Waals surface area contributed by atoms with Crippen LogP contribution in [0.25, 0.3) is 15.9 Å². The van der Waals surface area contributed by atoms with Gasteiger partial charge in [0.1, 0.15) is 29.3 Å². The molecule has 4 heterocycles. The van der Waals surface area contributed by atoms with Crippen LogP contribution in [0.2, 0.25) is 0 Å². The molecule has 29 heavy (non-hydrogen) atoms. The number of aromatic nitrogens is 4. The molecule has 3 aromatic heterocycles. The van der Waals surface area contributed by atoms with Gasteiger partial charge in [-0.3, -0.25) is 4.90 Å². The minimum absolute atomic E-state index is 0.308. The summed E-state index contributed by atoms with van der Waals surface area (Å²) in [5, 5.41) is 5.72. The third kappa shape index (κ3) is 3.32. The van der Waals surface area contributed by atoms with Gasteiger partial charge in [0.05, 0.1) is 12.5 Å². The molecule has 5 rings (SSSR count). The summed E-state index contributed by atoms with van der Waals surface area (Å²) in [5.74, 6) is 2.21. The summed E-state index contributed by atoms with van der Waals surface area (Å²) < 4.78 is 12.8. The van der Waals surface area contributed by atoms with E-state index in [0.29, 0.717) is 18.5 Å². The number of thiophene rings is 1. The maximum absolute atomic E-state index is 5.85. The number of rotatable bonds is 5. The van der Waals surface area contributed by atoms with Gasteiger partial charge in [-0.1, -0.05) is 0 Å². The van der Waals surface area contributed by atoms with Gasteiger partial charge in [0.15, 0.2) is 11.5 Å². The van der Waals surface area contributed by atoms with Crippen LogP contribution < -0.4 is 9.47 Å². The zero-order chi connectivity index (χ0) is 20.0. The summed E-state index contributed by atoms with van der Waals surface area (Å²) in [4.78, 5) is 14.4. The molecule has 0 saturated carbocycles. The van der Waals surface area contributed by atoms with Crippen LogP contribution >= 0.6 is 11.3 Å². The summed E-state index contributed by atoms with van der Waals surface area (Å²) in [6.07, 6.45) is 2.78. The zero-order valence-electron chi connectivity index (χ0n) is 16.8. The molecule has 0 aliphatic carbocycles. The van der Waals surface area contributed by atoms with E-state index in [2.05, 4.69) is 28.8 Å². The predicted molar refractivity (Wildman–Crippen MR) is 113 cm³/mol. The predicted octanol–water partition coefficient (Wildman–Crippen LogP) is 3.69. The monoisotopic (exact) mass is 409 g/mol. The van der Waals surface area contributed by atoms with Crippen LogP contribution in [0.4, 0.5) is 0 Å². The zero-order valence-corrected chi connectivity index (χ0v) is 17.6. The molecule has 1 aliphatic rings. The van der Waals surface area contributed by atoms with Gasteiger partial charge in [-0.25, -0.2) is 14.5 Å². The Kier molecular flexibility index (Phi) is 4.60. The molecule has 0 unspecified atom stereocenters. The van der Waals surface area contributed by atoms with Crippen LogP contribution in [0.1, 0.15) is 30.1 Å². The molecule has 150 valence electrons. The summed E-state index contributed by atoms with van der Waals surface area (Å²) >= 11 is 1.78. The fraction of sp³-hybridized carbons (Fsp3) is 0.381. The number of hydrogen-bond acceptors (Lipinski definition) is 7. The maximum atomic E-state index is 5.85. The topological polar surface area (TPSA) is 64.8 Å². The van der Waals surface area contributed by atoms with Crippen LogP contribution in [0, 0.1) is 0 Å². The highest BCUT2D eigenvalue weighted by molar-refractivity contribution is 7.19. The maximum Gasteiger partial charge on any atom is 0.189 e. The van der Waals surface area contributed by atoms with E-state index in [0.717, 1.165) is 46.9 Å². The van der Waals surface area contributed by atoms with Crippen molar-refractivity contribution in [3.05, 3.63) is 46.9 Å². The Morgan fingerprint density at radius 3 is 2.72 bits per heavy atom. The van der Waals surface area contributed by atoms with Crippen molar-refractivity contribution in [2.24, 2.45) is 0 Å². The van der Waals surface area contributed by atoms with E-state index in [4.69, 9.17) is 14.5 Å². The van der Waals surface area contributed by atoms with Crippen molar-refractivity contribution in [3.8, 4) is 11.5 Å². The lowest BCUT2D eigenvalue weighted by atomic mass is 10.0. The Hall–Kier alpha value is -2.71. The second-order valence-electron chi connectivity index (χ2n) is 7.50. The second-order valence-corrected chi connectivity index (χ2v) is 8.59. The van der Waals surface area contributed by atoms with Crippen molar-refractivity contribution in [2.45, 2.75) is 39.5 Å². The minimum Gasteiger partial charge on any atom is -0.497 e. The van der Waals surface area contributed by atoms with E-state index in [-0.39, 0.29) is 0 Å². The van der Waals surface area contributed by atoms with Gasteiger partial charge in [0.2, 0.25) is 0 Å². The van der Waals surface area contributed by atoms with Gasteiger partial charge in [-0.2, -0.15) is 0 Å². The third-order valence-electron chi connectivity index (χ3n) is 5.41. The van der Waals surface area contributed by atoms with Crippen LogP contribution in [0.5, 0.6) is 11.5 Å². The highest BCUT2D eigenvalue weighted by atomic mass is 32.1. The lowest BCUT2D eigenvalue weighted by Gasteiger charge is -2.30. The smallest absolute Gasteiger partial charge is 0.189 e. The SMILES string of the molecule is COc1ccc(OCc2nc3c4c5c(sc4ncn3n2)CN(C(C)C)CC5)cc1. The highest BCUT2D eigenvalue weighted by Gasteiger charge is 2.25. The first-order valence-electron chi connectivity index (χ1n) is 9.78. The molecule has 0 saturated heterocycles. The first kappa shape index (κ1) is 18.3. The normalized spacial score (nSPS) is 14.6. The van der Waals surface area contributed by atoms with E-state index in [1.165, 1.54) is 10.4 Å². The Morgan fingerprint density at radius 2 is 1.97 bits per heavy atom. The summed E-state index contributed by atoms with van der Waals surface area (Å²) in [7, 11) is 1.65. The van der Waals surface area contributed by atoms with E-state index in [1.54, 1.807) is 29.3 Å². The number of nitrogens with zero attached hydrogens (tertiary/aromatic N) is 5. The molecule has 0 fully saturated rings. The molecule has 7 nitrogen and oxygen atoms in total. The van der Waals surface area contributed by atoms with E-state index >= 15 is 0 Å². The highest BCUT2D eigenvalue weighted by Crippen LogP contribution is 2.36. The number of hydrogen-bond donors (Lipinski definition) is 0. The molecule has 8 heteroatoms. The molecule has 0 radical (unpaired) electrons. The Bertz CT molecular complexity index is 1170. The van der Waals surface area contributed by atoms with E-state index < -0.39 is 0 Å². The van der Waals surface area contributed by atoms with Gasteiger partial charge in [0.25, 0.3) is 0 Å². The minimum atomic E-state index is 0.308. The Morgan fingerprint density at radius 1 is 1.17 bits per heavy atom. The van der Waals surface area contributed by atoms with Gasteiger partial charge in [0, 0.05) is 24.0 Å². The van der Waals surface area contributed by atoms with Gasteiger partial charge >= 0.3 is 0 Å². The molecule has 1 aliphatic heterocycles. The Labute approximate surface area is 172 Å². The van der Waals surface area contributed by atoms with Crippen molar-refractivity contribution in [1.29, 1.82) is 0 Å². The molecular formula is C21H23N5O2S. The lowest BCUT2D eigenvalue weighted by molar-refractivity contribution is 0.206. The van der Waals surface area contributed by atoms with Crippen LogP contribution in [-0.2, 0) is 19.6 Å². The molecule has 4 aromatic rings. The van der Waals surface area contributed by atoms with Crippen molar-refractivity contribution < 1.29 is 9.47 Å². The fourth-order valence-corrected chi connectivity index (χ4v) is 4.99. The Balaban J connectivity index is 1.44. The van der Waals surface area contributed by atoms with Crippen molar-refractivity contribution in [3.63, 3.8) is 0 Å². The third-order valence-corrected chi connectivity index (χ3v) is 6.53. The van der Waals surface area contributed by atoms with Crippen molar-refractivity contribution in [2.75, 3.05) is 13.7 Å². The average molecular weight is 410 g/mol. The summed E-state index contributed by atoms with van der Waals surface area (Å²) in [6.45, 7) is 6.87. The number of fused-ring (bicyclic) bond motifs is 5. The first-order chi connectivity index (χ1) is 14.1. The second kappa shape index (κ2) is 7.27. The van der Waals surface area contributed by atoms with Gasteiger partial charge in [-0.05, 0) is 50.1 Å². The standard InChI is InChI=1S/C21H23N5O2S/c1-13(2)25-9-8-16-17(10-25)29-21-19(16)20-23-18(24-26(20)12-22-21)11-28-15-6-4-14(27-3)5-7-15/h4-7,12-13H,8-11H2,1-3H3. The molecule has 1 aromatic carbocycles.